The fourth-order valence-electron chi connectivity index (χ4n) is 2.98. The van der Waals surface area contributed by atoms with Crippen LogP contribution in [0.1, 0.15) is 32.6 Å². The summed E-state index contributed by atoms with van der Waals surface area (Å²) < 4.78 is 1.30. The van der Waals surface area contributed by atoms with E-state index in [4.69, 9.17) is 0 Å². The third-order valence-electron chi connectivity index (χ3n) is 4.23. The van der Waals surface area contributed by atoms with Gasteiger partial charge in [-0.25, -0.2) is 0 Å². The number of fused-ring (bicyclic) bond motifs is 1. The normalized spacial score (nSPS) is 31.5. The average molecular weight is 342 g/mol. The standard InChI is InChI=1S/C14H19IN2/c1-10-4-6-14(7-5-10)9-16-13-8-11(15)2-3-12(13)17-14/h2-3,8,10,16-17H,4-7,9H2,1H3. The van der Waals surface area contributed by atoms with E-state index < -0.39 is 0 Å². The molecule has 0 radical (unpaired) electrons. The van der Waals surface area contributed by atoms with Crippen LogP contribution in [-0.2, 0) is 0 Å². The second-order valence-corrected chi connectivity index (χ2v) is 6.88. The zero-order chi connectivity index (χ0) is 11.9. The van der Waals surface area contributed by atoms with Crippen LogP contribution < -0.4 is 10.6 Å². The summed E-state index contributed by atoms with van der Waals surface area (Å²) in [5.41, 5.74) is 2.86. The lowest BCUT2D eigenvalue weighted by molar-refractivity contribution is 0.274. The van der Waals surface area contributed by atoms with Crippen molar-refractivity contribution in [3.05, 3.63) is 21.8 Å². The topological polar surface area (TPSA) is 24.1 Å². The molecule has 3 rings (SSSR count). The van der Waals surface area contributed by atoms with Gasteiger partial charge >= 0.3 is 0 Å². The zero-order valence-corrected chi connectivity index (χ0v) is 12.4. The van der Waals surface area contributed by atoms with Crippen molar-refractivity contribution in [2.75, 3.05) is 17.2 Å². The highest BCUT2D eigenvalue weighted by molar-refractivity contribution is 14.1. The van der Waals surface area contributed by atoms with Gasteiger partial charge in [0.2, 0.25) is 0 Å². The quantitative estimate of drug-likeness (QED) is 0.695. The highest BCUT2D eigenvalue weighted by atomic mass is 127. The number of nitrogens with one attached hydrogen (secondary N) is 2. The first kappa shape index (κ1) is 11.6. The molecular formula is C14H19IN2. The molecule has 2 N–H and O–H groups in total. The number of anilines is 2. The van der Waals surface area contributed by atoms with E-state index in [-0.39, 0.29) is 0 Å². The molecule has 0 unspecified atom stereocenters. The number of benzene rings is 1. The van der Waals surface area contributed by atoms with E-state index in [2.05, 4.69) is 58.3 Å². The minimum atomic E-state index is 0.312. The molecule has 92 valence electrons. The minimum absolute atomic E-state index is 0.312. The Labute approximate surface area is 117 Å². The third-order valence-corrected chi connectivity index (χ3v) is 4.90. The maximum absolute atomic E-state index is 3.79. The Morgan fingerprint density at radius 2 is 2.00 bits per heavy atom. The minimum Gasteiger partial charge on any atom is -0.381 e. The van der Waals surface area contributed by atoms with Crippen molar-refractivity contribution in [2.24, 2.45) is 5.92 Å². The van der Waals surface area contributed by atoms with E-state index in [1.165, 1.54) is 40.6 Å². The van der Waals surface area contributed by atoms with Gasteiger partial charge in [-0.15, -0.1) is 0 Å². The van der Waals surface area contributed by atoms with Gasteiger partial charge in [-0.1, -0.05) is 6.92 Å². The van der Waals surface area contributed by atoms with Crippen LogP contribution >= 0.6 is 22.6 Å². The molecule has 1 saturated carbocycles. The second kappa shape index (κ2) is 4.34. The van der Waals surface area contributed by atoms with Gasteiger partial charge in [-0.05, 0) is 72.4 Å². The van der Waals surface area contributed by atoms with E-state index in [0.29, 0.717) is 5.54 Å². The summed E-state index contributed by atoms with van der Waals surface area (Å²) in [7, 11) is 0. The first-order valence-electron chi connectivity index (χ1n) is 6.49. The predicted molar refractivity (Wildman–Crippen MR) is 81.6 cm³/mol. The van der Waals surface area contributed by atoms with Crippen molar-refractivity contribution >= 4 is 34.0 Å². The van der Waals surface area contributed by atoms with Gasteiger partial charge in [0.05, 0.1) is 16.9 Å². The Hall–Kier alpha value is -0.450. The van der Waals surface area contributed by atoms with Gasteiger partial charge in [0, 0.05) is 10.1 Å². The van der Waals surface area contributed by atoms with Crippen LogP contribution in [0.25, 0.3) is 0 Å². The van der Waals surface area contributed by atoms with E-state index in [9.17, 15) is 0 Å². The lowest BCUT2D eigenvalue weighted by atomic mass is 9.76. The molecule has 2 aliphatic rings. The molecule has 1 aromatic rings. The van der Waals surface area contributed by atoms with Crippen LogP contribution in [-0.4, -0.2) is 12.1 Å². The highest BCUT2D eigenvalue weighted by Gasteiger charge is 2.36. The van der Waals surface area contributed by atoms with Crippen LogP contribution in [0.15, 0.2) is 18.2 Å². The molecule has 1 fully saturated rings. The molecule has 0 bridgehead atoms. The van der Waals surface area contributed by atoms with Crippen LogP contribution in [0.5, 0.6) is 0 Å². The first-order valence-corrected chi connectivity index (χ1v) is 7.56. The van der Waals surface area contributed by atoms with Crippen molar-refractivity contribution < 1.29 is 0 Å². The molecule has 0 saturated heterocycles. The number of halogens is 1. The molecule has 3 heteroatoms. The maximum atomic E-state index is 3.79. The van der Waals surface area contributed by atoms with Crippen LogP contribution in [0.3, 0.4) is 0 Å². The van der Waals surface area contributed by atoms with Crippen molar-refractivity contribution in [2.45, 2.75) is 38.1 Å². The van der Waals surface area contributed by atoms with Crippen molar-refractivity contribution in [3.63, 3.8) is 0 Å². The van der Waals surface area contributed by atoms with Gasteiger partial charge in [0.1, 0.15) is 0 Å². The van der Waals surface area contributed by atoms with Gasteiger partial charge in [-0.3, -0.25) is 0 Å². The lowest BCUT2D eigenvalue weighted by Crippen LogP contribution is -2.49. The van der Waals surface area contributed by atoms with Gasteiger partial charge < -0.3 is 10.6 Å². The summed E-state index contributed by atoms with van der Waals surface area (Å²) in [5, 5.41) is 7.41. The Kier molecular flexibility index (Phi) is 2.97. The molecule has 2 nitrogen and oxygen atoms in total. The Morgan fingerprint density at radius 3 is 2.76 bits per heavy atom. The van der Waals surface area contributed by atoms with E-state index >= 15 is 0 Å². The maximum Gasteiger partial charge on any atom is 0.0587 e. The van der Waals surface area contributed by atoms with Crippen molar-refractivity contribution in [1.82, 2.24) is 0 Å². The predicted octanol–water partition coefficient (Wildman–Crippen LogP) is 4.08. The number of hydrogen-bond donors (Lipinski definition) is 2. The van der Waals surface area contributed by atoms with Crippen LogP contribution in [0, 0.1) is 9.49 Å². The fraction of sp³-hybridized carbons (Fsp3) is 0.571. The van der Waals surface area contributed by atoms with Gasteiger partial charge in [0.25, 0.3) is 0 Å². The van der Waals surface area contributed by atoms with Gasteiger partial charge in [0.15, 0.2) is 0 Å². The largest absolute Gasteiger partial charge is 0.381 e. The van der Waals surface area contributed by atoms with E-state index in [1.807, 2.05) is 0 Å². The van der Waals surface area contributed by atoms with E-state index in [1.54, 1.807) is 0 Å². The molecule has 1 aromatic carbocycles. The molecule has 1 aliphatic carbocycles. The molecular weight excluding hydrogens is 323 g/mol. The SMILES string of the molecule is CC1CCC2(CC1)CNc1cc(I)ccc1N2. The number of hydrogen-bond acceptors (Lipinski definition) is 2. The number of rotatable bonds is 0. The molecule has 17 heavy (non-hydrogen) atoms. The molecule has 1 spiro atoms. The zero-order valence-electron chi connectivity index (χ0n) is 10.2. The third kappa shape index (κ3) is 2.26. The van der Waals surface area contributed by atoms with Gasteiger partial charge in [-0.2, -0.15) is 0 Å². The molecule has 0 amide bonds. The molecule has 1 heterocycles. The Morgan fingerprint density at radius 1 is 1.24 bits per heavy atom. The monoisotopic (exact) mass is 342 g/mol. The lowest BCUT2D eigenvalue weighted by Gasteiger charge is -2.44. The van der Waals surface area contributed by atoms with Crippen molar-refractivity contribution in [3.8, 4) is 0 Å². The Balaban J connectivity index is 1.83. The molecule has 1 aliphatic heterocycles. The average Bonchev–Trinajstić information content (AvgIpc) is 2.34. The summed E-state index contributed by atoms with van der Waals surface area (Å²) in [6.45, 7) is 3.45. The fourth-order valence-corrected chi connectivity index (χ4v) is 3.47. The summed E-state index contributed by atoms with van der Waals surface area (Å²) in [6, 6.07) is 6.61. The smallest absolute Gasteiger partial charge is 0.0587 e. The summed E-state index contributed by atoms with van der Waals surface area (Å²) in [5.74, 6) is 0.903. The molecule has 0 aromatic heterocycles. The summed E-state index contributed by atoms with van der Waals surface area (Å²) >= 11 is 2.37. The van der Waals surface area contributed by atoms with Crippen molar-refractivity contribution in [1.29, 1.82) is 0 Å². The summed E-state index contributed by atoms with van der Waals surface area (Å²) in [4.78, 5) is 0. The first-order chi connectivity index (χ1) is 8.17. The van der Waals surface area contributed by atoms with Crippen LogP contribution in [0.2, 0.25) is 0 Å². The highest BCUT2D eigenvalue weighted by Crippen LogP contribution is 2.40. The van der Waals surface area contributed by atoms with E-state index in [0.717, 1.165) is 12.5 Å². The molecule has 0 atom stereocenters. The second-order valence-electron chi connectivity index (χ2n) is 5.63. The summed E-state index contributed by atoms with van der Waals surface area (Å²) in [6.07, 6.45) is 5.31. The van der Waals surface area contributed by atoms with Crippen LogP contribution in [0.4, 0.5) is 11.4 Å². The Bertz CT molecular complexity index is 422.